The molecule has 1 aliphatic heterocycles. The summed E-state index contributed by atoms with van der Waals surface area (Å²) in [7, 11) is 0. The van der Waals surface area contributed by atoms with Gasteiger partial charge in [-0.1, -0.05) is 36.6 Å². The molecule has 2 aromatic heterocycles. The number of cyclic esters (lactones) is 1. The van der Waals surface area contributed by atoms with Crippen LogP contribution in [-0.4, -0.2) is 36.9 Å². The highest BCUT2D eigenvalue weighted by Gasteiger charge is 2.51. The number of hydrogen-bond donors (Lipinski definition) is 0. The molecule has 3 heterocycles. The monoisotopic (exact) mass is 480 g/mol. The molecule has 178 valence electrons. The van der Waals surface area contributed by atoms with Crippen LogP contribution in [0.25, 0.3) is 5.78 Å². The van der Waals surface area contributed by atoms with Crippen molar-refractivity contribution in [3.63, 3.8) is 0 Å². The Bertz CT molecular complexity index is 1230. The molecular weight excluding hydrogens is 452 g/mol. The van der Waals surface area contributed by atoms with E-state index in [2.05, 4.69) is 15.1 Å². The van der Waals surface area contributed by atoms with E-state index in [1.54, 1.807) is 4.52 Å². The van der Waals surface area contributed by atoms with Gasteiger partial charge >= 0.3 is 5.97 Å². The van der Waals surface area contributed by atoms with Crippen molar-refractivity contribution >= 4 is 29.1 Å². The van der Waals surface area contributed by atoms with Crippen LogP contribution in [0.15, 0.2) is 30.3 Å². The zero-order valence-electron chi connectivity index (χ0n) is 19.6. The number of carbonyl (C=O) groups is 2. The Morgan fingerprint density at radius 1 is 1.15 bits per heavy atom. The lowest BCUT2D eigenvalue weighted by molar-refractivity contribution is -0.185. The Balaban J connectivity index is 1.36. The van der Waals surface area contributed by atoms with Crippen molar-refractivity contribution in [2.75, 3.05) is 0 Å². The van der Waals surface area contributed by atoms with Crippen molar-refractivity contribution in [1.29, 1.82) is 0 Å². The first kappa shape index (κ1) is 23.0. The SMILES string of the molecule is Cc1cc(C)n2nc(CC3C(=O)CC(CCc4cccc(Cl)c4)(C4CCCC4)OC3=O)nc2n1. The van der Waals surface area contributed by atoms with Gasteiger partial charge < -0.3 is 4.74 Å². The van der Waals surface area contributed by atoms with E-state index in [0.717, 1.165) is 42.6 Å². The van der Waals surface area contributed by atoms with Crippen LogP contribution in [-0.2, 0) is 27.2 Å². The summed E-state index contributed by atoms with van der Waals surface area (Å²) in [4.78, 5) is 35.5. The van der Waals surface area contributed by atoms with Crippen molar-refractivity contribution in [2.24, 2.45) is 11.8 Å². The van der Waals surface area contributed by atoms with Gasteiger partial charge in [0.15, 0.2) is 11.6 Å². The lowest BCUT2D eigenvalue weighted by Gasteiger charge is -2.43. The molecule has 3 aromatic rings. The van der Waals surface area contributed by atoms with E-state index in [-0.39, 0.29) is 24.5 Å². The summed E-state index contributed by atoms with van der Waals surface area (Å²) >= 11 is 6.16. The van der Waals surface area contributed by atoms with Crippen LogP contribution in [0.2, 0.25) is 5.02 Å². The van der Waals surface area contributed by atoms with Gasteiger partial charge in [0.1, 0.15) is 11.5 Å². The molecule has 0 amide bonds. The third kappa shape index (κ3) is 4.45. The average molecular weight is 481 g/mol. The van der Waals surface area contributed by atoms with E-state index in [1.807, 2.05) is 44.2 Å². The summed E-state index contributed by atoms with van der Waals surface area (Å²) in [6.45, 7) is 3.82. The van der Waals surface area contributed by atoms with Crippen molar-refractivity contribution in [2.45, 2.75) is 70.8 Å². The summed E-state index contributed by atoms with van der Waals surface area (Å²) in [6.07, 6.45) is 5.90. The molecule has 0 radical (unpaired) electrons. The predicted molar refractivity (Wildman–Crippen MR) is 128 cm³/mol. The highest BCUT2D eigenvalue weighted by Crippen LogP contribution is 2.45. The molecule has 8 heteroatoms. The first-order valence-electron chi connectivity index (χ1n) is 12.0. The number of fused-ring (bicyclic) bond motifs is 1. The first-order valence-corrected chi connectivity index (χ1v) is 12.4. The van der Waals surface area contributed by atoms with E-state index in [9.17, 15) is 9.59 Å². The van der Waals surface area contributed by atoms with Gasteiger partial charge in [-0.2, -0.15) is 4.98 Å². The van der Waals surface area contributed by atoms with Gasteiger partial charge in [0.2, 0.25) is 0 Å². The molecule has 1 saturated carbocycles. The van der Waals surface area contributed by atoms with Crippen LogP contribution in [0, 0.1) is 25.7 Å². The molecule has 1 aliphatic carbocycles. The Hall–Kier alpha value is -2.80. The maximum Gasteiger partial charge on any atom is 0.317 e. The maximum absolute atomic E-state index is 13.4. The number of ether oxygens (including phenoxy) is 1. The number of ketones is 1. The Morgan fingerprint density at radius 2 is 1.94 bits per heavy atom. The molecule has 0 N–H and O–H groups in total. The molecule has 2 aliphatic rings. The molecule has 7 nitrogen and oxygen atoms in total. The molecular formula is C26H29ClN4O3. The molecule has 5 rings (SSSR count). The van der Waals surface area contributed by atoms with Gasteiger partial charge in [-0.05, 0) is 69.2 Å². The van der Waals surface area contributed by atoms with Gasteiger partial charge in [-0.3, -0.25) is 9.59 Å². The number of rotatable bonds is 6. The van der Waals surface area contributed by atoms with E-state index < -0.39 is 17.5 Å². The Labute approximate surface area is 203 Å². The molecule has 34 heavy (non-hydrogen) atoms. The molecule has 1 saturated heterocycles. The molecule has 0 bridgehead atoms. The van der Waals surface area contributed by atoms with E-state index in [4.69, 9.17) is 16.3 Å². The molecule has 2 atom stereocenters. The summed E-state index contributed by atoms with van der Waals surface area (Å²) in [5.74, 6) is -0.277. The number of esters is 1. The fraction of sp³-hybridized carbons (Fsp3) is 0.500. The highest BCUT2D eigenvalue weighted by molar-refractivity contribution is 6.30. The van der Waals surface area contributed by atoms with Gasteiger partial charge in [0.25, 0.3) is 5.78 Å². The van der Waals surface area contributed by atoms with E-state index >= 15 is 0 Å². The summed E-state index contributed by atoms with van der Waals surface area (Å²) < 4.78 is 7.86. The minimum Gasteiger partial charge on any atom is -0.458 e. The normalized spacial score (nSPS) is 23.6. The number of aromatic nitrogens is 4. The number of carbonyl (C=O) groups excluding carboxylic acids is 2. The number of Topliss-reactive ketones (excluding diaryl/α,β-unsaturated/α-hetero) is 1. The standard InChI is InChI=1S/C26H29ClN4O3/c1-16-12-17(2)31-25(28-16)29-23(30-31)14-21-22(32)15-26(34-24(21)33,19-7-3-4-8-19)11-10-18-6-5-9-20(27)13-18/h5-6,9,12-13,19,21H,3-4,7-8,10-11,14-15H2,1-2H3. The van der Waals surface area contributed by atoms with Gasteiger partial charge in [0.05, 0.1) is 0 Å². The van der Waals surface area contributed by atoms with Gasteiger partial charge in [0, 0.05) is 29.3 Å². The molecule has 1 aromatic carbocycles. The van der Waals surface area contributed by atoms with Crippen LogP contribution in [0.4, 0.5) is 0 Å². The number of benzene rings is 1. The number of aryl methyl sites for hydroxylation is 3. The third-order valence-corrected chi connectivity index (χ3v) is 7.56. The zero-order chi connectivity index (χ0) is 23.9. The Kier molecular flexibility index (Phi) is 6.15. The Morgan fingerprint density at radius 3 is 2.68 bits per heavy atom. The van der Waals surface area contributed by atoms with Crippen molar-refractivity contribution in [3.05, 3.63) is 58.1 Å². The van der Waals surface area contributed by atoms with Gasteiger partial charge in [-0.15, -0.1) is 5.10 Å². The van der Waals surface area contributed by atoms with E-state index in [1.165, 1.54) is 0 Å². The predicted octanol–water partition coefficient (Wildman–Crippen LogP) is 4.63. The number of nitrogens with zero attached hydrogens (tertiary/aromatic N) is 4. The van der Waals surface area contributed by atoms with Crippen LogP contribution >= 0.6 is 11.6 Å². The average Bonchev–Trinajstić information content (AvgIpc) is 3.45. The summed E-state index contributed by atoms with van der Waals surface area (Å²) in [5, 5.41) is 5.17. The minimum absolute atomic E-state index is 0.0750. The molecule has 2 fully saturated rings. The zero-order valence-corrected chi connectivity index (χ0v) is 20.3. The second-order valence-corrected chi connectivity index (χ2v) is 10.2. The molecule has 0 spiro atoms. The number of halogens is 1. The summed E-state index contributed by atoms with van der Waals surface area (Å²) in [6, 6.07) is 9.65. The fourth-order valence-corrected chi connectivity index (χ4v) is 5.82. The minimum atomic E-state index is -0.875. The van der Waals surface area contributed by atoms with Crippen molar-refractivity contribution in [1.82, 2.24) is 19.6 Å². The van der Waals surface area contributed by atoms with Crippen LogP contribution in [0.5, 0.6) is 0 Å². The van der Waals surface area contributed by atoms with Crippen LogP contribution in [0.3, 0.4) is 0 Å². The molecule has 2 unspecified atom stereocenters. The third-order valence-electron chi connectivity index (χ3n) is 7.32. The smallest absolute Gasteiger partial charge is 0.317 e. The van der Waals surface area contributed by atoms with Crippen LogP contribution in [0.1, 0.15) is 61.3 Å². The van der Waals surface area contributed by atoms with Crippen LogP contribution < -0.4 is 0 Å². The summed E-state index contributed by atoms with van der Waals surface area (Å²) in [5.41, 5.74) is 2.09. The highest BCUT2D eigenvalue weighted by atomic mass is 35.5. The lowest BCUT2D eigenvalue weighted by atomic mass is 9.73. The van der Waals surface area contributed by atoms with Crippen molar-refractivity contribution in [3.8, 4) is 0 Å². The first-order chi connectivity index (χ1) is 16.3. The topological polar surface area (TPSA) is 86.5 Å². The fourth-order valence-electron chi connectivity index (χ4n) is 5.60. The maximum atomic E-state index is 13.4. The van der Waals surface area contributed by atoms with E-state index in [0.29, 0.717) is 29.5 Å². The quantitative estimate of drug-likeness (QED) is 0.377. The number of hydrogen-bond acceptors (Lipinski definition) is 6. The lowest BCUT2D eigenvalue weighted by Crippen LogP contribution is -2.52. The largest absolute Gasteiger partial charge is 0.458 e. The van der Waals surface area contributed by atoms with Crippen molar-refractivity contribution < 1.29 is 14.3 Å². The second kappa shape index (κ2) is 9.10. The van der Waals surface area contributed by atoms with Gasteiger partial charge in [-0.25, -0.2) is 9.50 Å². The second-order valence-electron chi connectivity index (χ2n) is 9.78.